The molecule has 2 N–H and O–H groups in total. The monoisotopic (exact) mass is 647 g/mol. The molecule has 39 heavy (non-hydrogen) atoms. The fourth-order valence-electron chi connectivity index (χ4n) is 6.00. The molecule has 10 nitrogen and oxygen atoms in total. The molecule has 1 aliphatic carbocycles. The van der Waals surface area contributed by atoms with Gasteiger partial charge in [0.15, 0.2) is 5.82 Å². The Bertz CT molecular complexity index is 1200. The highest BCUT2D eigenvalue weighted by atomic mass is 127. The lowest BCUT2D eigenvalue weighted by atomic mass is 10.0. The van der Waals surface area contributed by atoms with Gasteiger partial charge in [0.1, 0.15) is 17.5 Å². The van der Waals surface area contributed by atoms with Crippen molar-refractivity contribution in [3.8, 4) is 5.75 Å². The van der Waals surface area contributed by atoms with E-state index in [1.54, 1.807) is 30.3 Å². The number of nitrogens with zero attached hydrogens (tertiary/aromatic N) is 5. The predicted molar refractivity (Wildman–Crippen MR) is 161 cm³/mol. The molecule has 2 aromatic rings. The van der Waals surface area contributed by atoms with Crippen molar-refractivity contribution in [1.29, 1.82) is 0 Å². The van der Waals surface area contributed by atoms with Crippen molar-refractivity contribution >= 4 is 57.8 Å². The van der Waals surface area contributed by atoms with Crippen LogP contribution in [0.2, 0.25) is 0 Å². The molecular weight excluding hydrogens is 609 g/mol. The number of aromatic nitrogens is 2. The van der Waals surface area contributed by atoms with E-state index in [9.17, 15) is 9.59 Å². The highest BCUT2D eigenvalue weighted by Crippen LogP contribution is 2.41. The molecule has 1 saturated heterocycles. The molecule has 0 radical (unpaired) electrons. The molecule has 3 aliphatic rings. The van der Waals surface area contributed by atoms with Crippen LogP contribution in [0.4, 0.5) is 23.1 Å². The summed E-state index contributed by atoms with van der Waals surface area (Å²) >= 11 is 2.33. The maximum atomic E-state index is 13.4. The summed E-state index contributed by atoms with van der Waals surface area (Å²) in [5, 5.41) is 6.46. The van der Waals surface area contributed by atoms with Gasteiger partial charge in [0.25, 0.3) is 5.91 Å². The van der Waals surface area contributed by atoms with Crippen molar-refractivity contribution in [3.05, 3.63) is 30.0 Å². The van der Waals surface area contributed by atoms with Gasteiger partial charge in [-0.05, 0) is 57.2 Å². The number of amides is 2. The van der Waals surface area contributed by atoms with Crippen molar-refractivity contribution in [2.24, 2.45) is 0 Å². The Morgan fingerprint density at radius 1 is 1.15 bits per heavy atom. The van der Waals surface area contributed by atoms with Crippen LogP contribution in [0.25, 0.3) is 0 Å². The zero-order chi connectivity index (χ0) is 27.5. The molecule has 11 heteroatoms. The number of carbonyl (C=O) groups is 2. The van der Waals surface area contributed by atoms with Crippen LogP contribution < -0.4 is 25.2 Å². The Morgan fingerprint density at radius 2 is 1.90 bits per heavy atom. The lowest BCUT2D eigenvalue weighted by molar-refractivity contribution is -0.120. The Hall–Kier alpha value is -2.67. The summed E-state index contributed by atoms with van der Waals surface area (Å²) in [4.78, 5) is 39.9. The quantitative estimate of drug-likeness (QED) is 0.315. The lowest BCUT2D eigenvalue weighted by Gasteiger charge is -2.44. The predicted octanol–water partition coefficient (Wildman–Crippen LogP) is 4.67. The zero-order valence-electron chi connectivity index (χ0n) is 23.0. The molecule has 1 aromatic carbocycles. The van der Waals surface area contributed by atoms with Gasteiger partial charge < -0.3 is 25.2 Å². The zero-order valence-corrected chi connectivity index (χ0v) is 25.1. The average molecular weight is 648 g/mol. The summed E-state index contributed by atoms with van der Waals surface area (Å²) in [5.74, 6) is 1.80. The maximum absolute atomic E-state index is 13.4. The van der Waals surface area contributed by atoms with Crippen LogP contribution in [0.1, 0.15) is 69.2 Å². The van der Waals surface area contributed by atoms with Gasteiger partial charge in [0.2, 0.25) is 11.9 Å². The Morgan fingerprint density at radius 3 is 2.56 bits per heavy atom. The van der Waals surface area contributed by atoms with Crippen LogP contribution in [0.3, 0.4) is 0 Å². The van der Waals surface area contributed by atoms with Gasteiger partial charge in [-0.25, -0.2) is 8.10 Å². The molecule has 3 heterocycles. The number of piperidine rings is 1. The summed E-state index contributed by atoms with van der Waals surface area (Å²) in [7, 11) is 1.59. The number of ether oxygens (including phenoxy) is 1. The number of nitrogens with one attached hydrogen (secondary N) is 2. The summed E-state index contributed by atoms with van der Waals surface area (Å²) in [6.45, 7) is 6.57. The molecule has 1 saturated carbocycles. The van der Waals surface area contributed by atoms with Crippen molar-refractivity contribution in [2.75, 3.05) is 41.9 Å². The second kappa shape index (κ2) is 12.2. The first kappa shape index (κ1) is 27.9. The van der Waals surface area contributed by atoms with Crippen molar-refractivity contribution in [1.82, 2.24) is 18.4 Å². The van der Waals surface area contributed by atoms with E-state index in [1.807, 2.05) is 13.0 Å². The van der Waals surface area contributed by atoms with Crippen LogP contribution in [-0.4, -0.2) is 69.8 Å². The van der Waals surface area contributed by atoms with Gasteiger partial charge in [0.05, 0.1) is 19.0 Å². The normalized spacial score (nSPS) is 20.7. The van der Waals surface area contributed by atoms with Crippen LogP contribution in [0.5, 0.6) is 5.75 Å². The Kier molecular flexibility index (Phi) is 8.75. The molecular formula is C28H38IN7O3. The first-order chi connectivity index (χ1) is 18.9. The van der Waals surface area contributed by atoms with Crippen LogP contribution in [-0.2, 0) is 4.79 Å². The third-order valence-electron chi connectivity index (χ3n) is 8.08. The largest absolute Gasteiger partial charge is 0.495 e. The van der Waals surface area contributed by atoms with Gasteiger partial charge in [-0.3, -0.25) is 9.59 Å². The number of fused-ring (bicyclic) bond motifs is 1. The van der Waals surface area contributed by atoms with Gasteiger partial charge >= 0.3 is 0 Å². The number of hydrogen-bond acceptors (Lipinski definition) is 8. The second-order valence-electron chi connectivity index (χ2n) is 10.5. The minimum Gasteiger partial charge on any atom is -0.495 e. The van der Waals surface area contributed by atoms with E-state index in [-0.39, 0.29) is 23.9 Å². The molecule has 2 amide bonds. The molecule has 2 aliphatic heterocycles. The summed E-state index contributed by atoms with van der Waals surface area (Å²) in [6, 6.07) is 5.63. The summed E-state index contributed by atoms with van der Waals surface area (Å²) in [5.41, 5.74) is 1.99. The first-order valence-corrected chi connectivity index (χ1v) is 15.0. The van der Waals surface area contributed by atoms with E-state index in [0.717, 1.165) is 56.7 Å². The molecule has 1 aromatic heterocycles. The van der Waals surface area contributed by atoms with Crippen LogP contribution in [0.15, 0.2) is 24.4 Å². The Balaban J connectivity index is 1.39. The first-order valence-electron chi connectivity index (χ1n) is 14.1. The number of benzene rings is 1. The minimum absolute atomic E-state index is 0.0982. The van der Waals surface area contributed by atoms with Gasteiger partial charge in [0, 0.05) is 60.1 Å². The van der Waals surface area contributed by atoms with E-state index >= 15 is 0 Å². The molecule has 0 unspecified atom stereocenters. The highest BCUT2D eigenvalue weighted by molar-refractivity contribution is 14.1. The van der Waals surface area contributed by atoms with Crippen LogP contribution in [0, 0.1) is 0 Å². The third-order valence-corrected chi connectivity index (χ3v) is 9.04. The number of halogens is 1. The number of likely N-dealkylation sites (N-methyl/N-ethyl adjacent to an activating group) is 1. The number of carbonyl (C=O) groups excluding carboxylic acids is 2. The van der Waals surface area contributed by atoms with Gasteiger partial charge in [-0.15, -0.1) is 0 Å². The van der Waals surface area contributed by atoms with E-state index < -0.39 is 0 Å². The average Bonchev–Trinajstić information content (AvgIpc) is 3.48. The number of methoxy groups -OCH3 is 1. The van der Waals surface area contributed by atoms with Gasteiger partial charge in [-0.2, -0.15) is 4.98 Å². The minimum atomic E-state index is -0.222. The topological polar surface area (TPSA) is 103 Å². The third kappa shape index (κ3) is 5.79. The Labute approximate surface area is 244 Å². The van der Waals surface area contributed by atoms with E-state index in [2.05, 4.69) is 53.4 Å². The number of rotatable bonds is 8. The molecule has 2 fully saturated rings. The maximum Gasteiger partial charge on any atom is 0.251 e. The van der Waals surface area contributed by atoms with E-state index in [4.69, 9.17) is 9.72 Å². The van der Waals surface area contributed by atoms with Crippen LogP contribution >= 0.6 is 22.9 Å². The number of anilines is 4. The van der Waals surface area contributed by atoms with Crippen molar-refractivity contribution < 1.29 is 14.3 Å². The molecule has 5 rings (SSSR count). The van der Waals surface area contributed by atoms with Crippen molar-refractivity contribution in [3.63, 3.8) is 0 Å². The molecule has 0 spiro atoms. The lowest BCUT2D eigenvalue weighted by Crippen LogP contribution is -2.56. The second-order valence-corrected chi connectivity index (χ2v) is 11.8. The number of hydrogen-bond donors (Lipinski definition) is 2. The molecule has 1 atom stereocenters. The smallest absolute Gasteiger partial charge is 0.251 e. The summed E-state index contributed by atoms with van der Waals surface area (Å²) < 4.78 is 7.89. The molecule has 0 bridgehead atoms. The van der Waals surface area contributed by atoms with Gasteiger partial charge in [-0.1, -0.05) is 19.8 Å². The SMILES string of the molecule is CC[C@@H]1C(=O)N(CC)c2cnc(Nc3ccc(C(=O)NC4CCN(I)CC4)cc3OC)nc2N1C1CCCC1. The fourth-order valence-corrected chi connectivity index (χ4v) is 6.55. The van der Waals surface area contributed by atoms with Crippen molar-refractivity contribution in [2.45, 2.75) is 76.9 Å². The standard InChI is InChI=1S/C28H38IN7O3/c1-4-22-27(38)35(5-2)23-17-30-28(33-25(23)36(22)20-8-6-7-9-20)32-21-11-10-18(16-24(21)39-3)26(37)31-19-12-14-34(29)15-13-19/h10-11,16-17,19-20,22H,4-9,12-15H2,1-3H3,(H,31,37)(H,30,32,33)/t22-/m1/s1. The highest BCUT2D eigenvalue weighted by Gasteiger charge is 2.42. The summed E-state index contributed by atoms with van der Waals surface area (Å²) in [6.07, 6.45) is 8.83. The van der Waals surface area contributed by atoms with E-state index in [0.29, 0.717) is 35.5 Å². The van der Waals surface area contributed by atoms with E-state index in [1.165, 1.54) is 12.8 Å². The molecule has 210 valence electrons. The fraction of sp³-hybridized carbons (Fsp3) is 0.571.